The molecule has 23 heavy (non-hydrogen) atoms. The van der Waals surface area contributed by atoms with E-state index in [9.17, 15) is 9.18 Å². The van der Waals surface area contributed by atoms with Crippen LogP contribution in [0.3, 0.4) is 0 Å². The fraction of sp³-hybridized carbons (Fsp3) is 0.400. The van der Waals surface area contributed by atoms with Crippen molar-refractivity contribution in [1.82, 2.24) is 19.7 Å². The van der Waals surface area contributed by atoms with Gasteiger partial charge in [0.05, 0.1) is 12.4 Å². The SMILES string of the molecule is COCCN(Cc1ccccc1F)C(=O)CSc1nncn1C. The molecule has 1 aromatic heterocycles. The van der Waals surface area contributed by atoms with Gasteiger partial charge in [0.2, 0.25) is 5.91 Å². The molecule has 2 aromatic rings. The second kappa shape index (κ2) is 8.64. The monoisotopic (exact) mass is 338 g/mol. The topological polar surface area (TPSA) is 60.2 Å². The van der Waals surface area contributed by atoms with Gasteiger partial charge in [-0.25, -0.2) is 4.39 Å². The van der Waals surface area contributed by atoms with Crippen molar-refractivity contribution in [2.24, 2.45) is 7.05 Å². The van der Waals surface area contributed by atoms with Crippen LogP contribution in [0.1, 0.15) is 5.56 Å². The molecule has 1 aromatic carbocycles. The Morgan fingerprint density at radius 2 is 2.22 bits per heavy atom. The van der Waals surface area contributed by atoms with Gasteiger partial charge >= 0.3 is 0 Å². The largest absolute Gasteiger partial charge is 0.383 e. The van der Waals surface area contributed by atoms with Gasteiger partial charge in [-0.15, -0.1) is 10.2 Å². The molecule has 0 spiro atoms. The summed E-state index contributed by atoms with van der Waals surface area (Å²) in [7, 11) is 3.38. The number of benzene rings is 1. The van der Waals surface area contributed by atoms with Crippen LogP contribution in [-0.4, -0.2) is 51.6 Å². The number of halogens is 1. The molecule has 0 aliphatic heterocycles. The molecule has 1 heterocycles. The van der Waals surface area contributed by atoms with Crippen LogP contribution in [-0.2, 0) is 23.1 Å². The minimum Gasteiger partial charge on any atom is -0.383 e. The fourth-order valence-corrected chi connectivity index (χ4v) is 2.74. The predicted molar refractivity (Wildman–Crippen MR) is 85.4 cm³/mol. The van der Waals surface area contributed by atoms with Crippen LogP contribution in [0.15, 0.2) is 35.7 Å². The molecule has 0 saturated carbocycles. The molecule has 0 aliphatic rings. The van der Waals surface area contributed by atoms with Crippen molar-refractivity contribution in [1.29, 1.82) is 0 Å². The summed E-state index contributed by atoms with van der Waals surface area (Å²) < 4.78 is 20.6. The van der Waals surface area contributed by atoms with Crippen molar-refractivity contribution >= 4 is 17.7 Å². The summed E-state index contributed by atoms with van der Waals surface area (Å²) in [5.41, 5.74) is 0.487. The van der Waals surface area contributed by atoms with E-state index in [-0.39, 0.29) is 24.0 Å². The summed E-state index contributed by atoms with van der Waals surface area (Å²) >= 11 is 1.30. The highest BCUT2D eigenvalue weighted by Crippen LogP contribution is 2.16. The third kappa shape index (κ3) is 5.04. The van der Waals surface area contributed by atoms with Gasteiger partial charge in [0.1, 0.15) is 12.1 Å². The van der Waals surface area contributed by atoms with Crippen LogP contribution in [0.25, 0.3) is 0 Å². The van der Waals surface area contributed by atoms with Crippen LogP contribution in [0, 0.1) is 5.82 Å². The van der Waals surface area contributed by atoms with E-state index in [2.05, 4.69) is 10.2 Å². The first-order chi connectivity index (χ1) is 11.1. The quantitative estimate of drug-likeness (QED) is 0.686. The van der Waals surface area contributed by atoms with Gasteiger partial charge in [-0.05, 0) is 6.07 Å². The number of rotatable bonds is 8. The lowest BCUT2D eigenvalue weighted by Gasteiger charge is -2.22. The van der Waals surface area contributed by atoms with Crippen molar-refractivity contribution < 1.29 is 13.9 Å². The minimum absolute atomic E-state index is 0.0988. The van der Waals surface area contributed by atoms with E-state index < -0.39 is 0 Å². The van der Waals surface area contributed by atoms with Crippen LogP contribution in [0.4, 0.5) is 4.39 Å². The molecule has 0 atom stereocenters. The number of amides is 1. The smallest absolute Gasteiger partial charge is 0.233 e. The number of hydrogen-bond acceptors (Lipinski definition) is 5. The Morgan fingerprint density at radius 3 is 2.87 bits per heavy atom. The Kier molecular flexibility index (Phi) is 6.54. The van der Waals surface area contributed by atoms with Gasteiger partial charge in [0, 0.05) is 32.8 Å². The molecule has 0 aliphatic carbocycles. The summed E-state index contributed by atoms with van der Waals surface area (Å²) in [6.45, 7) is 1.02. The summed E-state index contributed by atoms with van der Waals surface area (Å²) in [5, 5.41) is 8.36. The zero-order valence-corrected chi connectivity index (χ0v) is 13.9. The molecule has 2 rings (SSSR count). The number of thioether (sulfide) groups is 1. The third-order valence-corrected chi connectivity index (χ3v) is 4.25. The Balaban J connectivity index is 2.00. The van der Waals surface area contributed by atoms with Crippen LogP contribution < -0.4 is 0 Å². The molecule has 0 unspecified atom stereocenters. The Labute approximate surface area is 138 Å². The highest BCUT2D eigenvalue weighted by molar-refractivity contribution is 7.99. The van der Waals surface area contributed by atoms with Gasteiger partial charge in [0.15, 0.2) is 5.16 Å². The van der Waals surface area contributed by atoms with Gasteiger partial charge in [-0.1, -0.05) is 30.0 Å². The lowest BCUT2D eigenvalue weighted by Crippen LogP contribution is -2.35. The molecule has 0 radical (unpaired) electrons. The first kappa shape index (κ1) is 17.4. The summed E-state index contributed by atoms with van der Waals surface area (Å²) in [4.78, 5) is 14.0. The van der Waals surface area contributed by atoms with E-state index in [0.29, 0.717) is 23.9 Å². The minimum atomic E-state index is -0.316. The molecule has 0 N–H and O–H groups in total. The van der Waals surface area contributed by atoms with Crippen molar-refractivity contribution in [3.05, 3.63) is 42.0 Å². The molecule has 6 nitrogen and oxygen atoms in total. The van der Waals surface area contributed by atoms with Gasteiger partial charge in [-0.2, -0.15) is 0 Å². The zero-order valence-electron chi connectivity index (χ0n) is 13.1. The second-order valence-electron chi connectivity index (χ2n) is 4.91. The highest BCUT2D eigenvalue weighted by Gasteiger charge is 2.17. The van der Waals surface area contributed by atoms with Crippen molar-refractivity contribution in [2.45, 2.75) is 11.7 Å². The maximum absolute atomic E-state index is 13.8. The standard InChI is InChI=1S/C15H19FN4O2S/c1-19-11-17-18-15(19)23-10-14(21)20(7-8-22-2)9-12-5-3-4-6-13(12)16/h3-6,11H,7-10H2,1-2H3. The number of nitrogens with zero attached hydrogens (tertiary/aromatic N) is 4. The number of aromatic nitrogens is 3. The summed E-state index contributed by atoms with van der Waals surface area (Å²) in [5.74, 6) is -0.202. The Hall–Kier alpha value is -1.93. The number of carbonyl (C=O) groups excluding carboxylic acids is 1. The van der Waals surface area contributed by atoms with Crippen LogP contribution in [0.5, 0.6) is 0 Å². The normalized spacial score (nSPS) is 10.7. The molecule has 0 fully saturated rings. The van der Waals surface area contributed by atoms with E-state index in [1.165, 1.54) is 17.8 Å². The average molecular weight is 338 g/mol. The van der Waals surface area contributed by atoms with E-state index in [1.807, 2.05) is 7.05 Å². The molecule has 0 saturated heterocycles. The Morgan fingerprint density at radius 1 is 1.43 bits per heavy atom. The fourth-order valence-electron chi connectivity index (χ4n) is 1.95. The van der Waals surface area contributed by atoms with Crippen LogP contribution in [0.2, 0.25) is 0 Å². The number of ether oxygens (including phenoxy) is 1. The molecule has 1 amide bonds. The second-order valence-corrected chi connectivity index (χ2v) is 5.86. The van der Waals surface area contributed by atoms with Crippen LogP contribution >= 0.6 is 11.8 Å². The number of methoxy groups -OCH3 is 1. The number of hydrogen-bond donors (Lipinski definition) is 0. The molecular weight excluding hydrogens is 319 g/mol. The van der Waals surface area contributed by atoms with Gasteiger partial charge < -0.3 is 14.2 Å². The van der Waals surface area contributed by atoms with E-state index in [1.54, 1.807) is 41.1 Å². The van der Waals surface area contributed by atoms with Gasteiger partial charge in [-0.3, -0.25) is 4.79 Å². The maximum Gasteiger partial charge on any atom is 0.233 e. The summed E-state index contributed by atoms with van der Waals surface area (Å²) in [6.07, 6.45) is 1.58. The van der Waals surface area contributed by atoms with Crippen molar-refractivity contribution in [3.8, 4) is 0 Å². The average Bonchev–Trinajstić information content (AvgIpc) is 2.96. The molecule has 8 heteroatoms. The predicted octanol–water partition coefficient (Wildman–Crippen LogP) is 1.72. The third-order valence-electron chi connectivity index (χ3n) is 3.23. The number of carbonyl (C=O) groups is 1. The van der Waals surface area contributed by atoms with E-state index >= 15 is 0 Å². The first-order valence-corrected chi connectivity index (χ1v) is 8.07. The maximum atomic E-state index is 13.8. The van der Waals surface area contributed by atoms with E-state index in [4.69, 9.17) is 4.74 Å². The molecule has 124 valence electrons. The summed E-state index contributed by atoms with van der Waals surface area (Å²) in [6, 6.07) is 6.45. The zero-order chi connectivity index (χ0) is 16.7. The first-order valence-electron chi connectivity index (χ1n) is 7.08. The lowest BCUT2D eigenvalue weighted by molar-refractivity contribution is -0.129. The Bertz CT molecular complexity index is 650. The van der Waals surface area contributed by atoms with E-state index in [0.717, 1.165) is 0 Å². The molecule has 0 bridgehead atoms. The molecular formula is C15H19FN4O2S. The highest BCUT2D eigenvalue weighted by atomic mass is 32.2. The number of aryl methyl sites for hydroxylation is 1. The van der Waals surface area contributed by atoms with Crippen molar-refractivity contribution in [2.75, 3.05) is 26.0 Å². The van der Waals surface area contributed by atoms with Crippen molar-refractivity contribution in [3.63, 3.8) is 0 Å². The lowest BCUT2D eigenvalue weighted by atomic mass is 10.2. The van der Waals surface area contributed by atoms with Gasteiger partial charge in [0.25, 0.3) is 0 Å².